The third-order valence-corrected chi connectivity index (χ3v) is 0. The van der Waals surface area contributed by atoms with Gasteiger partial charge in [0.05, 0.1) is 0 Å². The second-order valence-corrected chi connectivity index (χ2v) is 0. The molecule has 0 aliphatic carbocycles. The molecule has 0 saturated carbocycles. The van der Waals surface area contributed by atoms with Crippen molar-refractivity contribution in [3.05, 3.63) is 0 Å². The Hall–Kier alpha value is 2.68. The van der Waals surface area contributed by atoms with E-state index in [2.05, 4.69) is 15.9 Å². The largest absolute Gasteiger partial charge is 2.00 e. The van der Waals surface area contributed by atoms with Crippen molar-refractivity contribution < 1.29 is 22.6 Å². The van der Waals surface area contributed by atoms with Crippen LogP contribution in [0.3, 0.4) is 0 Å². The fraction of sp³-hybridized carbons (Fsp3) is 0. The fourth-order valence-electron chi connectivity index (χ4n) is 0. The summed E-state index contributed by atoms with van der Waals surface area (Å²) in [6.07, 6.45) is 0. The van der Waals surface area contributed by atoms with Crippen molar-refractivity contribution in [1.82, 2.24) is 0 Å². The standard InChI is InChI=1S/Bi.Cu.O.Sr.5H/q;;;+2;;;;2*-1. The van der Waals surface area contributed by atoms with Gasteiger partial charge in [-0.2, -0.15) is 0 Å². The molecule has 0 fully saturated rings. The molecule has 0 unspecified atom stereocenters. The van der Waals surface area contributed by atoms with Crippen LogP contribution in [0.25, 0.3) is 0 Å². The molecule has 0 rings (SSSR count). The number of hydrogen-bond acceptors (Lipinski definition) is 1. The van der Waals surface area contributed by atoms with Crippen molar-refractivity contribution >= 4 is 71.7 Å². The van der Waals surface area contributed by atoms with Gasteiger partial charge in [-0.25, -0.2) is 0 Å². The molecule has 0 aromatic carbocycles. The first kappa shape index (κ1) is 15.9. The SMILES string of the molecule is [BiH3].[H-].[H-].[O]=[Cu].[Sr+2]. The normalized spacial score (nSPS) is 1.50. The first-order valence-electron chi connectivity index (χ1n) is 0.123. The van der Waals surface area contributed by atoms with E-state index in [1.54, 1.807) is 0 Å². The topological polar surface area (TPSA) is 17.1 Å². The van der Waals surface area contributed by atoms with Crippen molar-refractivity contribution in [3.63, 3.8) is 0 Å². The summed E-state index contributed by atoms with van der Waals surface area (Å²) in [5.74, 6) is 0. The fourth-order valence-corrected chi connectivity index (χ4v) is 0. The van der Waals surface area contributed by atoms with Crippen molar-refractivity contribution in [2.75, 3.05) is 0 Å². The molecule has 4 heavy (non-hydrogen) atoms. The summed E-state index contributed by atoms with van der Waals surface area (Å²) >= 11 is 2.94. The molecule has 4 heteroatoms. The maximum atomic E-state index is 7.81. The molecular formula is H5BiCuOSr. The predicted molar refractivity (Wildman–Crippen MR) is 18.6 cm³/mol. The summed E-state index contributed by atoms with van der Waals surface area (Å²) in [6.45, 7) is 0. The van der Waals surface area contributed by atoms with Crippen LogP contribution in [0.5, 0.6) is 0 Å². The monoisotopic (exact) mass is 381 g/mol. The quantitative estimate of drug-likeness (QED) is 0.469. The first-order valence-corrected chi connectivity index (χ1v) is 0.508. The average molecular weight is 381 g/mol. The zero-order valence-corrected chi connectivity index (χ0v) is 12.0. The van der Waals surface area contributed by atoms with Gasteiger partial charge in [-0.05, 0) is 0 Å². The van der Waals surface area contributed by atoms with Gasteiger partial charge in [0.1, 0.15) is 0 Å². The maximum Gasteiger partial charge on any atom is 2.00 e. The van der Waals surface area contributed by atoms with Crippen LogP contribution in [0.4, 0.5) is 0 Å². The Morgan fingerprint density at radius 1 is 1.50 bits per heavy atom. The van der Waals surface area contributed by atoms with Gasteiger partial charge >= 0.3 is 91.5 Å². The molecule has 0 spiro atoms. The minimum atomic E-state index is 0. The molecule has 0 aromatic heterocycles. The van der Waals surface area contributed by atoms with E-state index in [-0.39, 0.29) is 74.5 Å². The van der Waals surface area contributed by atoms with Crippen LogP contribution in [-0.4, -0.2) is 71.7 Å². The maximum absolute atomic E-state index is 7.81. The van der Waals surface area contributed by atoms with Crippen molar-refractivity contribution in [2.45, 2.75) is 0 Å². The van der Waals surface area contributed by atoms with E-state index in [1.807, 2.05) is 0 Å². The number of hydrogen-bond donors (Lipinski definition) is 0. The Morgan fingerprint density at radius 3 is 1.50 bits per heavy atom. The van der Waals surface area contributed by atoms with Gasteiger partial charge in [-0.1, -0.05) is 0 Å². The third kappa shape index (κ3) is 8.82. The minimum absolute atomic E-state index is 0. The molecule has 0 radical (unpaired) electrons. The molecule has 0 aliphatic rings. The van der Waals surface area contributed by atoms with Crippen molar-refractivity contribution in [3.8, 4) is 0 Å². The molecule has 29 valence electrons. The average Bonchev–Trinajstić information content (AvgIpc) is 1.00. The van der Waals surface area contributed by atoms with E-state index in [4.69, 9.17) is 3.83 Å². The van der Waals surface area contributed by atoms with Crippen molar-refractivity contribution in [2.24, 2.45) is 0 Å². The van der Waals surface area contributed by atoms with E-state index in [0.29, 0.717) is 0 Å². The van der Waals surface area contributed by atoms with Gasteiger partial charge in [-0.3, -0.25) is 0 Å². The summed E-state index contributed by atoms with van der Waals surface area (Å²) in [5, 5.41) is 0. The second-order valence-electron chi connectivity index (χ2n) is 0. The van der Waals surface area contributed by atoms with Crippen LogP contribution in [0.2, 0.25) is 0 Å². The van der Waals surface area contributed by atoms with Crippen LogP contribution < -0.4 is 0 Å². The first-order chi connectivity index (χ1) is 1.00. The number of rotatable bonds is 0. The molecule has 1 nitrogen and oxygen atoms in total. The summed E-state index contributed by atoms with van der Waals surface area (Å²) in [7, 11) is 0. The molecule has 0 aliphatic heterocycles. The van der Waals surface area contributed by atoms with Gasteiger partial charge in [0, 0.05) is 0 Å². The molecule has 0 atom stereocenters. The second kappa shape index (κ2) is 17.3. The molecule has 0 aromatic rings. The Morgan fingerprint density at radius 2 is 1.50 bits per heavy atom. The molecule has 0 saturated heterocycles. The van der Waals surface area contributed by atoms with Crippen molar-refractivity contribution in [1.29, 1.82) is 0 Å². The Labute approximate surface area is 92.3 Å². The van der Waals surface area contributed by atoms with E-state index in [1.165, 1.54) is 0 Å². The zero-order valence-electron chi connectivity index (χ0n) is 4.12. The minimum Gasteiger partial charge on any atom is 2.00 e. The van der Waals surface area contributed by atoms with E-state index < -0.39 is 0 Å². The van der Waals surface area contributed by atoms with Crippen LogP contribution in [0.15, 0.2) is 0 Å². The van der Waals surface area contributed by atoms with Crippen LogP contribution >= 0.6 is 0 Å². The Balaban J connectivity index is -0.000000000833. The van der Waals surface area contributed by atoms with E-state index >= 15 is 0 Å². The summed E-state index contributed by atoms with van der Waals surface area (Å²) < 4.78 is 7.81. The molecule has 0 N–H and O–H groups in total. The summed E-state index contributed by atoms with van der Waals surface area (Å²) in [4.78, 5) is 0. The smallest absolute Gasteiger partial charge is 2.00 e. The van der Waals surface area contributed by atoms with Gasteiger partial charge in [-0.15, -0.1) is 0 Å². The predicted octanol–water partition coefficient (Wildman–Crippen LogP) is -1.46. The summed E-state index contributed by atoms with van der Waals surface area (Å²) in [6, 6.07) is 0. The summed E-state index contributed by atoms with van der Waals surface area (Å²) in [5.41, 5.74) is 0. The molecular weight excluding hydrogens is 376 g/mol. The zero-order chi connectivity index (χ0) is 2.00. The molecule has 0 heterocycles. The van der Waals surface area contributed by atoms with Gasteiger partial charge in [0.15, 0.2) is 0 Å². The van der Waals surface area contributed by atoms with Gasteiger partial charge in [0.25, 0.3) is 0 Å². The molecule has 0 amide bonds. The Bertz CT molecular complexity index is 13.5. The van der Waals surface area contributed by atoms with E-state index in [9.17, 15) is 0 Å². The van der Waals surface area contributed by atoms with Gasteiger partial charge in [0.2, 0.25) is 0 Å². The van der Waals surface area contributed by atoms with Crippen LogP contribution in [-0.2, 0) is 19.8 Å². The van der Waals surface area contributed by atoms with Crippen LogP contribution in [0.1, 0.15) is 2.85 Å². The van der Waals surface area contributed by atoms with E-state index in [0.717, 1.165) is 0 Å². The van der Waals surface area contributed by atoms with Gasteiger partial charge < -0.3 is 2.85 Å². The third-order valence-electron chi connectivity index (χ3n) is 0. The Kier molecular flexibility index (Phi) is 68.9. The van der Waals surface area contributed by atoms with Crippen LogP contribution in [0, 0.1) is 0 Å². The molecule has 0 bridgehead atoms.